The van der Waals surface area contributed by atoms with Crippen molar-refractivity contribution in [1.29, 1.82) is 0 Å². The molecule has 0 saturated heterocycles. The smallest absolute Gasteiger partial charge is 0 e. The van der Waals surface area contributed by atoms with E-state index in [1.807, 2.05) is 37.3 Å². The van der Waals surface area contributed by atoms with Crippen LogP contribution in [-0.2, 0) is 32.7 Å². The average molecular weight is 461 g/mol. The molecule has 0 atom stereocenters. The molecule has 0 aliphatic carbocycles. The van der Waals surface area contributed by atoms with Gasteiger partial charge in [0.25, 0.3) is 0 Å². The molecule has 0 spiro atoms. The topological polar surface area (TPSA) is 84.1 Å². The van der Waals surface area contributed by atoms with Gasteiger partial charge in [-0.3, -0.25) is 0 Å². The van der Waals surface area contributed by atoms with E-state index < -0.39 is 0 Å². The first-order chi connectivity index (χ1) is 13.5. The molecule has 29 heavy (non-hydrogen) atoms. The van der Waals surface area contributed by atoms with Crippen LogP contribution in [0.1, 0.15) is 17.0 Å². The Kier molecular flexibility index (Phi) is 8.50. The first-order valence-electron chi connectivity index (χ1n) is 8.78. The van der Waals surface area contributed by atoms with Crippen molar-refractivity contribution in [2.24, 2.45) is 9.89 Å². The third-order valence-corrected chi connectivity index (χ3v) is 4.26. The van der Waals surface area contributed by atoms with E-state index in [-0.39, 0.29) is 39.4 Å². The van der Waals surface area contributed by atoms with E-state index >= 15 is 0 Å². The number of para-hydroxylation sites is 1. The summed E-state index contributed by atoms with van der Waals surface area (Å²) in [6, 6.07) is 12.2. The molecule has 3 heterocycles. The van der Waals surface area contributed by atoms with Crippen molar-refractivity contribution in [1.82, 2.24) is 9.97 Å². The van der Waals surface area contributed by atoms with E-state index in [1.165, 1.54) is 0 Å². The van der Waals surface area contributed by atoms with E-state index in [4.69, 9.17) is 9.84 Å². The fourth-order valence-electron chi connectivity index (χ4n) is 3.00. The Bertz CT molecular complexity index is 1210. The fraction of sp³-hybridized carbons (Fsp3) is 0.190. The summed E-state index contributed by atoms with van der Waals surface area (Å²) in [5, 5.41) is 11.6. The van der Waals surface area contributed by atoms with Gasteiger partial charge in [0.15, 0.2) is 0 Å². The zero-order chi connectivity index (χ0) is 20.1. The zero-order valence-electron chi connectivity index (χ0n) is 16.7. The molecule has 0 bridgehead atoms. The molecule has 144 valence electrons. The van der Waals surface area contributed by atoms with Crippen LogP contribution in [0.2, 0.25) is 0 Å². The number of aromatic amines is 1. The standard InChI is InChI=1S/C20H18N3O.CH3BNO.Y/c1-12-8-13(2)21-16(12)10-19-20(24-3)11-18(23-19)17-9-14-6-4-5-7-15(14)22-17;2-3-1-4;/h4-11,23H,1-3H3;4H,1H2;/q-1;;/b18-17-,19-10-;;. The summed E-state index contributed by atoms with van der Waals surface area (Å²) in [6.45, 7) is 3.79. The number of nitrogens with one attached hydrogen (secondary N) is 1. The predicted octanol–water partition coefficient (Wildman–Crippen LogP) is -0.0660. The molecule has 6 nitrogen and oxygen atoms in total. The maximum Gasteiger partial charge on any atom is 0 e. The molecule has 8 heteroatoms. The first-order valence-corrected chi connectivity index (χ1v) is 8.78. The van der Waals surface area contributed by atoms with Crippen molar-refractivity contribution in [3.8, 4) is 5.75 Å². The summed E-state index contributed by atoms with van der Waals surface area (Å²) in [7, 11) is 6.08. The van der Waals surface area contributed by atoms with E-state index in [2.05, 4.69) is 52.6 Å². The average Bonchev–Trinajstić information content (AvgIpc) is 3.38. The molecule has 2 N–H and O–H groups in total. The van der Waals surface area contributed by atoms with Gasteiger partial charge in [-0.05, 0) is 25.1 Å². The van der Waals surface area contributed by atoms with E-state index in [9.17, 15) is 0 Å². The van der Waals surface area contributed by atoms with Crippen molar-refractivity contribution in [3.63, 3.8) is 0 Å². The van der Waals surface area contributed by atoms with Crippen LogP contribution in [0.3, 0.4) is 0 Å². The Labute approximate surface area is 195 Å². The van der Waals surface area contributed by atoms with Gasteiger partial charge in [-0.25, -0.2) is 4.99 Å². The quantitative estimate of drug-likeness (QED) is 0.537. The van der Waals surface area contributed by atoms with Gasteiger partial charge in [0.2, 0.25) is 0 Å². The van der Waals surface area contributed by atoms with Crippen molar-refractivity contribution < 1.29 is 42.6 Å². The van der Waals surface area contributed by atoms with Crippen molar-refractivity contribution >= 4 is 25.5 Å². The maximum atomic E-state index is 7.58. The minimum atomic E-state index is -0.278. The molecule has 1 aliphatic heterocycles. The van der Waals surface area contributed by atoms with Crippen LogP contribution in [0.25, 0.3) is 17.8 Å². The number of ether oxygens (including phenoxy) is 1. The molecule has 0 fully saturated rings. The second-order valence-corrected chi connectivity index (χ2v) is 6.30. The first kappa shape index (κ1) is 23.2. The van der Waals surface area contributed by atoms with Gasteiger partial charge in [-0.2, -0.15) is 5.69 Å². The van der Waals surface area contributed by atoms with E-state index in [0.717, 1.165) is 49.7 Å². The summed E-state index contributed by atoms with van der Waals surface area (Å²) >= 11 is 0. The summed E-state index contributed by atoms with van der Waals surface area (Å²) in [5.41, 5.74) is 4.05. The molecular weight excluding hydrogens is 440 g/mol. The molecule has 0 amide bonds. The Morgan fingerprint density at radius 1 is 1.28 bits per heavy atom. The fourth-order valence-corrected chi connectivity index (χ4v) is 3.00. The number of rotatable bonds is 3. The normalized spacial score (nSPS) is 14.0. The third-order valence-electron chi connectivity index (χ3n) is 4.26. The van der Waals surface area contributed by atoms with Gasteiger partial charge >= 0.3 is 24.4 Å². The largest absolute Gasteiger partial charge is 0 e. The van der Waals surface area contributed by atoms with Crippen LogP contribution < -0.4 is 31.0 Å². The number of hydrogen-bond acceptors (Lipinski definition) is 4. The van der Waals surface area contributed by atoms with Crippen molar-refractivity contribution in [2.45, 2.75) is 13.8 Å². The number of methoxy groups -OCH3 is 1. The van der Waals surface area contributed by atoms with E-state index in [1.54, 1.807) is 7.11 Å². The Hall–Kier alpha value is -2.08. The van der Waals surface area contributed by atoms with Crippen LogP contribution in [0.4, 0.5) is 0 Å². The third kappa shape index (κ3) is 5.50. The predicted molar refractivity (Wildman–Crippen MR) is 110 cm³/mol. The summed E-state index contributed by atoms with van der Waals surface area (Å²) in [6.07, 6.45) is 4.11. The number of benzene rings is 1. The Morgan fingerprint density at radius 3 is 2.59 bits per heavy atom. The van der Waals surface area contributed by atoms with Crippen LogP contribution >= 0.6 is 0 Å². The number of H-pyrrole nitrogens is 1. The zero-order valence-corrected chi connectivity index (χ0v) is 19.5. The number of nitrogens with zero attached hydrogens (tertiary/aromatic N) is 3. The Morgan fingerprint density at radius 2 is 2.00 bits per heavy atom. The van der Waals surface area contributed by atoms with Crippen molar-refractivity contribution in [2.75, 3.05) is 13.8 Å². The van der Waals surface area contributed by atoms with Crippen LogP contribution in [-0.4, -0.2) is 31.6 Å². The summed E-state index contributed by atoms with van der Waals surface area (Å²) in [4.78, 5) is 15.4. The van der Waals surface area contributed by atoms with Gasteiger partial charge < -0.3 is 14.7 Å². The van der Waals surface area contributed by atoms with Crippen LogP contribution in [0, 0.1) is 13.8 Å². The summed E-state index contributed by atoms with van der Waals surface area (Å²) < 4.78 is 5.52. The number of hydrogen-bond donors (Lipinski definition) is 2. The monoisotopic (exact) mass is 461 g/mol. The number of fused-ring (bicyclic) bond motifs is 1. The van der Waals surface area contributed by atoms with Gasteiger partial charge in [0.05, 0.1) is 28.9 Å². The molecular formula is C21H21BN4O2Y-. The molecule has 1 aliphatic rings. The molecule has 4 rings (SSSR count). The SMILES string of the molecule is COc1c/c(=C2\C=c3ccccc3=N2)[nH]/c1=C\c1[n-]c(C)cc1C.[B]=NCO.[Y]. The van der Waals surface area contributed by atoms with Gasteiger partial charge in [-0.15, -0.1) is 5.69 Å². The number of aliphatic hydroxyl groups is 1. The number of aromatic nitrogens is 2. The van der Waals surface area contributed by atoms with Crippen LogP contribution in [0.5, 0.6) is 5.75 Å². The maximum absolute atomic E-state index is 7.58. The molecule has 3 aromatic rings. The van der Waals surface area contributed by atoms with Gasteiger partial charge in [-0.1, -0.05) is 36.8 Å². The number of aliphatic hydroxyl groups excluding tert-OH is 1. The van der Waals surface area contributed by atoms with E-state index in [0.29, 0.717) is 0 Å². The minimum absolute atomic E-state index is 0. The molecule has 0 saturated carbocycles. The molecule has 2 aromatic heterocycles. The second kappa shape index (κ2) is 10.6. The molecule has 2 radical (unpaired) electrons. The van der Waals surface area contributed by atoms with Crippen molar-refractivity contribution in [3.05, 3.63) is 74.6 Å². The second-order valence-electron chi connectivity index (χ2n) is 6.30. The Balaban J connectivity index is 0.000000552. The molecule has 0 unspecified atom stereocenters. The number of aryl methyl sites for hydroxylation is 2. The van der Waals surface area contributed by atoms with Crippen LogP contribution in [0.15, 0.2) is 46.3 Å². The van der Waals surface area contributed by atoms with Gasteiger partial charge in [0, 0.05) is 44.0 Å². The summed E-state index contributed by atoms with van der Waals surface area (Å²) in [5.74, 6) is 0.789. The van der Waals surface area contributed by atoms with Gasteiger partial charge in [0.1, 0.15) is 5.75 Å². The minimum Gasteiger partial charge on any atom is 0 e. The molecule has 1 aromatic carbocycles.